The van der Waals surface area contributed by atoms with Crippen LogP contribution in [0.5, 0.6) is 0 Å². The zero-order chi connectivity index (χ0) is 13.9. The molecule has 0 unspecified atom stereocenters. The normalized spacial score (nSPS) is 16.3. The molecule has 2 aromatic rings. The van der Waals surface area contributed by atoms with E-state index in [9.17, 15) is 4.79 Å². The van der Waals surface area contributed by atoms with Gasteiger partial charge in [0, 0.05) is 37.2 Å². The lowest BCUT2D eigenvalue weighted by molar-refractivity contribution is 0.0690. The van der Waals surface area contributed by atoms with E-state index in [2.05, 4.69) is 10.1 Å². The topological polar surface area (TPSA) is 77.0 Å². The summed E-state index contributed by atoms with van der Waals surface area (Å²) >= 11 is 0. The van der Waals surface area contributed by atoms with Gasteiger partial charge >= 0.3 is 0 Å². The number of nitrogens with zero attached hydrogens (tertiary/aromatic N) is 4. The van der Waals surface area contributed by atoms with Crippen LogP contribution in [-0.4, -0.2) is 38.7 Å². The van der Waals surface area contributed by atoms with Crippen LogP contribution in [0.4, 0.5) is 5.82 Å². The number of carbonyl (C=O) groups excluding carboxylic acids is 1. The van der Waals surface area contributed by atoms with Gasteiger partial charge in [-0.05, 0) is 31.0 Å². The van der Waals surface area contributed by atoms with Crippen molar-refractivity contribution in [3.63, 3.8) is 0 Å². The van der Waals surface area contributed by atoms with E-state index in [0.29, 0.717) is 17.4 Å². The second kappa shape index (κ2) is 5.32. The van der Waals surface area contributed by atoms with Crippen LogP contribution in [-0.2, 0) is 0 Å². The van der Waals surface area contributed by atoms with Crippen LogP contribution in [0.3, 0.4) is 0 Å². The number of nitrogen functional groups attached to an aromatic ring is 1. The van der Waals surface area contributed by atoms with Crippen LogP contribution in [0, 0.1) is 0 Å². The largest absolute Gasteiger partial charge is 0.382 e. The van der Waals surface area contributed by atoms with E-state index in [4.69, 9.17) is 5.73 Å². The fourth-order valence-electron chi connectivity index (χ4n) is 2.57. The summed E-state index contributed by atoms with van der Waals surface area (Å²) in [4.78, 5) is 18.1. The van der Waals surface area contributed by atoms with Crippen molar-refractivity contribution in [3.05, 3.63) is 42.4 Å². The molecule has 6 nitrogen and oxygen atoms in total. The molecule has 0 saturated carbocycles. The third-order valence-corrected chi connectivity index (χ3v) is 3.68. The molecule has 0 radical (unpaired) electrons. The number of amides is 1. The molecule has 0 aromatic carbocycles. The summed E-state index contributed by atoms with van der Waals surface area (Å²) < 4.78 is 1.91. The Morgan fingerprint density at radius 1 is 1.20 bits per heavy atom. The summed E-state index contributed by atoms with van der Waals surface area (Å²) in [5.74, 6) is 0.617. The number of rotatable bonds is 2. The maximum atomic E-state index is 12.3. The monoisotopic (exact) mass is 271 g/mol. The minimum atomic E-state index is 0.0748. The van der Waals surface area contributed by atoms with Gasteiger partial charge in [-0.15, -0.1) is 0 Å². The number of carbonyl (C=O) groups is 1. The second-order valence-corrected chi connectivity index (χ2v) is 4.98. The maximum absolute atomic E-state index is 12.3. The summed E-state index contributed by atoms with van der Waals surface area (Å²) in [6.07, 6.45) is 7.00. The molecule has 6 heteroatoms. The van der Waals surface area contributed by atoms with Crippen LogP contribution < -0.4 is 5.73 Å². The summed E-state index contributed by atoms with van der Waals surface area (Å²) in [5, 5.41) is 4.25. The molecule has 1 aliphatic heterocycles. The van der Waals surface area contributed by atoms with Gasteiger partial charge < -0.3 is 10.6 Å². The lowest BCUT2D eigenvalue weighted by atomic mass is 10.0. The summed E-state index contributed by atoms with van der Waals surface area (Å²) in [5.41, 5.74) is 6.33. The van der Waals surface area contributed by atoms with Crippen molar-refractivity contribution < 1.29 is 4.79 Å². The molecule has 3 rings (SSSR count). The van der Waals surface area contributed by atoms with Crippen molar-refractivity contribution in [2.45, 2.75) is 18.9 Å². The van der Waals surface area contributed by atoms with Crippen molar-refractivity contribution in [2.75, 3.05) is 18.8 Å². The maximum Gasteiger partial charge on any atom is 0.253 e. The number of piperidine rings is 1. The quantitative estimate of drug-likeness (QED) is 0.894. The number of likely N-dealkylation sites (tertiary alicyclic amines) is 1. The van der Waals surface area contributed by atoms with E-state index < -0.39 is 0 Å². The molecule has 1 saturated heterocycles. The van der Waals surface area contributed by atoms with Crippen molar-refractivity contribution in [1.82, 2.24) is 19.7 Å². The molecule has 1 fully saturated rings. The summed E-state index contributed by atoms with van der Waals surface area (Å²) in [6.45, 7) is 1.48. The lowest BCUT2D eigenvalue weighted by Gasteiger charge is -2.32. The van der Waals surface area contributed by atoms with Crippen LogP contribution >= 0.6 is 0 Å². The minimum absolute atomic E-state index is 0.0748. The number of anilines is 1. The molecule has 0 spiro atoms. The molecule has 104 valence electrons. The first-order chi connectivity index (χ1) is 9.74. The molecular formula is C14H17N5O. The third kappa shape index (κ3) is 2.49. The molecule has 2 N–H and O–H groups in total. The van der Waals surface area contributed by atoms with Gasteiger partial charge in [-0.1, -0.05) is 0 Å². The highest BCUT2D eigenvalue weighted by Gasteiger charge is 2.24. The van der Waals surface area contributed by atoms with E-state index in [-0.39, 0.29) is 5.91 Å². The van der Waals surface area contributed by atoms with Crippen molar-refractivity contribution in [1.29, 1.82) is 0 Å². The molecule has 2 aromatic heterocycles. The Kier molecular flexibility index (Phi) is 3.37. The highest BCUT2D eigenvalue weighted by molar-refractivity contribution is 5.94. The first kappa shape index (κ1) is 12.7. The number of pyridine rings is 1. The number of hydrogen-bond acceptors (Lipinski definition) is 4. The first-order valence-electron chi connectivity index (χ1n) is 6.74. The number of hydrogen-bond donors (Lipinski definition) is 1. The highest BCUT2D eigenvalue weighted by Crippen LogP contribution is 2.23. The predicted molar refractivity (Wildman–Crippen MR) is 75.1 cm³/mol. The van der Waals surface area contributed by atoms with Crippen molar-refractivity contribution in [2.24, 2.45) is 0 Å². The Hall–Kier alpha value is -2.37. The van der Waals surface area contributed by atoms with E-state index in [1.165, 1.54) is 0 Å². The standard InChI is InChI=1S/C14H17N5O/c15-13-5-10-19(17-13)12-3-8-18(9-4-12)14(20)11-1-6-16-7-2-11/h1-2,5-7,10,12H,3-4,8-9H2,(H2,15,17). The molecule has 3 heterocycles. The van der Waals surface area contributed by atoms with Gasteiger partial charge in [0.25, 0.3) is 5.91 Å². The second-order valence-electron chi connectivity index (χ2n) is 4.98. The van der Waals surface area contributed by atoms with Gasteiger partial charge in [-0.25, -0.2) is 0 Å². The smallest absolute Gasteiger partial charge is 0.253 e. The van der Waals surface area contributed by atoms with Crippen LogP contribution in [0.25, 0.3) is 0 Å². The summed E-state index contributed by atoms with van der Waals surface area (Å²) in [7, 11) is 0. The SMILES string of the molecule is Nc1ccn(C2CCN(C(=O)c3ccncc3)CC2)n1. The first-order valence-corrected chi connectivity index (χ1v) is 6.74. The van der Waals surface area contributed by atoms with Gasteiger partial charge in [-0.3, -0.25) is 14.5 Å². The average Bonchev–Trinajstić information content (AvgIpc) is 2.94. The predicted octanol–water partition coefficient (Wildman–Crippen LogP) is 1.34. The highest BCUT2D eigenvalue weighted by atomic mass is 16.2. The molecular weight excluding hydrogens is 254 g/mol. The lowest BCUT2D eigenvalue weighted by Crippen LogP contribution is -2.39. The Balaban J connectivity index is 1.63. The Morgan fingerprint density at radius 3 is 2.50 bits per heavy atom. The van der Waals surface area contributed by atoms with Crippen LogP contribution in [0.1, 0.15) is 29.2 Å². The van der Waals surface area contributed by atoms with E-state index in [1.54, 1.807) is 30.6 Å². The molecule has 0 aliphatic carbocycles. The van der Waals surface area contributed by atoms with Gasteiger partial charge in [0.2, 0.25) is 0 Å². The van der Waals surface area contributed by atoms with Crippen LogP contribution in [0.2, 0.25) is 0 Å². The number of nitrogens with two attached hydrogens (primary N) is 1. The Labute approximate surface area is 117 Å². The third-order valence-electron chi connectivity index (χ3n) is 3.68. The van der Waals surface area contributed by atoms with E-state index in [0.717, 1.165) is 25.9 Å². The van der Waals surface area contributed by atoms with Gasteiger partial charge in [0.1, 0.15) is 5.82 Å². The minimum Gasteiger partial charge on any atom is -0.382 e. The van der Waals surface area contributed by atoms with Crippen LogP contribution in [0.15, 0.2) is 36.8 Å². The fourth-order valence-corrected chi connectivity index (χ4v) is 2.57. The zero-order valence-electron chi connectivity index (χ0n) is 11.1. The van der Waals surface area contributed by atoms with Crippen molar-refractivity contribution in [3.8, 4) is 0 Å². The molecule has 1 amide bonds. The zero-order valence-corrected chi connectivity index (χ0v) is 11.1. The van der Waals surface area contributed by atoms with Gasteiger partial charge in [-0.2, -0.15) is 5.10 Å². The Bertz CT molecular complexity index is 587. The fraction of sp³-hybridized carbons (Fsp3) is 0.357. The molecule has 0 atom stereocenters. The average molecular weight is 271 g/mol. The molecule has 20 heavy (non-hydrogen) atoms. The van der Waals surface area contributed by atoms with Gasteiger partial charge in [0.15, 0.2) is 0 Å². The van der Waals surface area contributed by atoms with E-state index in [1.807, 2.05) is 15.8 Å². The number of aromatic nitrogens is 3. The van der Waals surface area contributed by atoms with Crippen molar-refractivity contribution >= 4 is 11.7 Å². The van der Waals surface area contributed by atoms with Gasteiger partial charge in [0.05, 0.1) is 6.04 Å². The molecule has 0 bridgehead atoms. The Morgan fingerprint density at radius 2 is 1.90 bits per heavy atom. The van der Waals surface area contributed by atoms with E-state index >= 15 is 0 Å². The summed E-state index contributed by atoms with van der Waals surface area (Å²) in [6, 6.07) is 5.63. The molecule has 1 aliphatic rings.